The number of carbonyl (C=O) groups excluding carboxylic acids is 1. The molecule has 0 aliphatic rings. The third kappa shape index (κ3) is 3.39. The lowest BCUT2D eigenvalue weighted by Gasteiger charge is -2.09. The van der Waals surface area contributed by atoms with Crippen molar-refractivity contribution in [2.45, 2.75) is 4.90 Å². The van der Waals surface area contributed by atoms with E-state index in [4.69, 9.17) is 28.9 Å². The molecule has 0 saturated heterocycles. The highest BCUT2D eigenvalue weighted by Gasteiger charge is 2.14. The van der Waals surface area contributed by atoms with Crippen LogP contribution in [0.4, 0.5) is 11.4 Å². The van der Waals surface area contributed by atoms with Crippen molar-refractivity contribution in [1.29, 1.82) is 0 Å². The van der Waals surface area contributed by atoms with Crippen molar-refractivity contribution in [2.24, 2.45) is 0 Å². The van der Waals surface area contributed by atoms with Gasteiger partial charge in [-0.3, -0.25) is 4.79 Å². The second-order valence-corrected chi connectivity index (χ2v) is 5.72. The van der Waals surface area contributed by atoms with Gasteiger partial charge in [-0.05, 0) is 36.6 Å². The van der Waals surface area contributed by atoms with Crippen LogP contribution in [0.5, 0.6) is 0 Å². The molecule has 104 valence electrons. The number of thioether (sulfide) groups is 1. The molecule has 1 amide bonds. The van der Waals surface area contributed by atoms with Gasteiger partial charge in [0, 0.05) is 16.3 Å². The van der Waals surface area contributed by atoms with Crippen LogP contribution in [0, 0.1) is 0 Å². The zero-order valence-corrected chi connectivity index (χ0v) is 12.9. The number of nitrogen functional groups attached to an aromatic ring is 1. The summed E-state index contributed by atoms with van der Waals surface area (Å²) in [6, 6.07) is 10.5. The van der Waals surface area contributed by atoms with E-state index in [1.807, 2.05) is 24.5 Å². The van der Waals surface area contributed by atoms with Crippen molar-refractivity contribution < 1.29 is 4.79 Å². The van der Waals surface area contributed by atoms with Crippen LogP contribution in [0.25, 0.3) is 0 Å². The molecule has 20 heavy (non-hydrogen) atoms. The monoisotopic (exact) mass is 326 g/mol. The first kappa shape index (κ1) is 15.0. The van der Waals surface area contributed by atoms with E-state index >= 15 is 0 Å². The van der Waals surface area contributed by atoms with Crippen LogP contribution in [0.2, 0.25) is 10.0 Å². The molecular formula is C14H12Cl2N2OS. The average molecular weight is 327 g/mol. The molecule has 3 N–H and O–H groups in total. The number of rotatable bonds is 3. The Balaban J connectivity index is 2.28. The van der Waals surface area contributed by atoms with Crippen molar-refractivity contribution in [1.82, 2.24) is 0 Å². The van der Waals surface area contributed by atoms with Gasteiger partial charge in [-0.15, -0.1) is 11.8 Å². The van der Waals surface area contributed by atoms with Crippen molar-refractivity contribution in [2.75, 3.05) is 17.3 Å². The molecule has 2 rings (SSSR count). The number of anilines is 2. The lowest BCUT2D eigenvalue weighted by atomic mass is 10.2. The summed E-state index contributed by atoms with van der Waals surface area (Å²) in [6.07, 6.45) is 1.97. The average Bonchev–Trinajstić information content (AvgIpc) is 2.43. The molecule has 0 bridgehead atoms. The minimum Gasteiger partial charge on any atom is -0.399 e. The topological polar surface area (TPSA) is 55.1 Å². The number of amides is 1. The third-order valence-electron chi connectivity index (χ3n) is 2.62. The van der Waals surface area contributed by atoms with E-state index < -0.39 is 0 Å². The summed E-state index contributed by atoms with van der Waals surface area (Å²) in [6.45, 7) is 0. The maximum atomic E-state index is 12.2. The fourth-order valence-corrected chi connectivity index (χ4v) is 2.56. The predicted molar refractivity (Wildman–Crippen MR) is 87.1 cm³/mol. The highest BCUT2D eigenvalue weighted by molar-refractivity contribution is 7.98. The number of nitrogens with two attached hydrogens (primary N) is 1. The van der Waals surface area contributed by atoms with Crippen molar-refractivity contribution in [3.63, 3.8) is 0 Å². The Bertz CT molecular complexity index is 662. The van der Waals surface area contributed by atoms with Crippen molar-refractivity contribution in [3.05, 3.63) is 52.0 Å². The molecule has 0 aliphatic carbocycles. The molecule has 2 aromatic rings. The Morgan fingerprint density at radius 2 is 2.00 bits per heavy atom. The van der Waals surface area contributed by atoms with E-state index in [1.54, 1.807) is 17.8 Å². The third-order valence-corrected chi connectivity index (χ3v) is 4.15. The van der Waals surface area contributed by atoms with Gasteiger partial charge < -0.3 is 11.1 Å². The van der Waals surface area contributed by atoms with E-state index in [2.05, 4.69) is 5.32 Å². The van der Waals surface area contributed by atoms with Crippen LogP contribution in [-0.2, 0) is 0 Å². The first-order valence-corrected chi connectivity index (χ1v) is 7.69. The van der Waals surface area contributed by atoms with Gasteiger partial charge in [0.15, 0.2) is 0 Å². The first-order valence-electron chi connectivity index (χ1n) is 5.71. The van der Waals surface area contributed by atoms with E-state index in [0.29, 0.717) is 11.4 Å². The highest BCUT2D eigenvalue weighted by Crippen LogP contribution is 2.29. The van der Waals surface area contributed by atoms with Crippen LogP contribution in [0.3, 0.4) is 0 Å². The second kappa shape index (κ2) is 6.39. The zero-order chi connectivity index (χ0) is 14.7. The Morgan fingerprint density at radius 1 is 1.25 bits per heavy atom. The van der Waals surface area contributed by atoms with Crippen LogP contribution in [-0.4, -0.2) is 12.2 Å². The standard InChI is InChI=1S/C14H12Cl2N2OS/c1-20-10-4-2-3-9(7-10)18-14(19)11-5-8(17)6-12(15)13(11)16/h2-7H,17H2,1H3,(H,18,19). The van der Waals surface area contributed by atoms with E-state index in [9.17, 15) is 4.79 Å². The quantitative estimate of drug-likeness (QED) is 0.642. The van der Waals surface area contributed by atoms with Gasteiger partial charge in [-0.1, -0.05) is 29.3 Å². The van der Waals surface area contributed by atoms with Gasteiger partial charge >= 0.3 is 0 Å². The SMILES string of the molecule is CSc1cccc(NC(=O)c2cc(N)cc(Cl)c2Cl)c1. The van der Waals surface area contributed by atoms with E-state index in [0.717, 1.165) is 4.90 Å². The molecule has 0 aromatic heterocycles. The van der Waals surface area contributed by atoms with Crippen LogP contribution < -0.4 is 11.1 Å². The van der Waals surface area contributed by atoms with Gasteiger partial charge in [-0.2, -0.15) is 0 Å². The van der Waals surface area contributed by atoms with Crippen LogP contribution in [0.1, 0.15) is 10.4 Å². The van der Waals surface area contributed by atoms with Gasteiger partial charge in [0.2, 0.25) is 0 Å². The summed E-state index contributed by atoms with van der Waals surface area (Å²) in [4.78, 5) is 13.3. The Morgan fingerprint density at radius 3 is 2.70 bits per heavy atom. The largest absolute Gasteiger partial charge is 0.399 e. The highest BCUT2D eigenvalue weighted by atomic mass is 35.5. The molecule has 0 fully saturated rings. The summed E-state index contributed by atoms with van der Waals surface area (Å²) in [5.41, 5.74) is 7.02. The Kier molecular flexibility index (Phi) is 4.81. The molecule has 0 atom stereocenters. The Hall–Kier alpha value is -1.36. The van der Waals surface area contributed by atoms with Crippen LogP contribution >= 0.6 is 35.0 Å². The molecule has 2 aromatic carbocycles. The second-order valence-electron chi connectivity index (χ2n) is 4.05. The minimum atomic E-state index is -0.345. The lowest BCUT2D eigenvalue weighted by molar-refractivity contribution is 0.102. The molecule has 3 nitrogen and oxygen atoms in total. The zero-order valence-electron chi connectivity index (χ0n) is 10.6. The number of hydrogen-bond donors (Lipinski definition) is 2. The summed E-state index contributed by atoms with van der Waals surface area (Å²) < 4.78 is 0. The number of nitrogens with one attached hydrogen (secondary N) is 1. The Labute approximate surface area is 131 Å². The molecular weight excluding hydrogens is 315 g/mol. The fourth-order valence-electron chi connectivity index (χ4n) is 1.67. The molecule has 0 radical (unpaired) electrons. The number of benzene rings is 2. The summed E-state index contributed by atoms with van der Waals surface area (Å²) in [7, 11) is 0. The summed E-state index contributed by atoms with van der Waals surface area (Å²) >= 11 is 13.5. The number of carbonyl (C=O) groups is 1. The molecule has 0 aliphatic heterocycles. The normalized spacial score (nSPS) is 10.3. The maximum absolute atomic E-state index is 12.2. The van der Waals surface area contributed by atoms with E-state index in [1.165, 1.54) is 12.1 Å². The summed E-state index contributed by atoms with van der Waals surface area (Å²) in [5, 5.41) is 3.23. The van der Waals surface area contributed by atoms with Gasteiger partial charge in [0.25, 0.3) is 5.91 Å². The summed E-state index contributed by atoms with van der Waals surface area (Å²) in [5.74, 6) is -0.345. The fraction of sp³-hybridized carbons (Fsp3) is 0.0714. The van der Waals surface area contributed by atoms with Gasteiger partial charge in [-0.25, -0.2) is 0 Å². The van der Waals surface area contributed by atoms with Crippen LogP contribution in [0.15, 0.2) is 41.3 Å². The van der Waals surface area contributed by atoms with E-state index in [-0.39, 0.29) is 21.5 Å². The first-order chi connectivity index (χ1) is 9.51. The minimum absolute atomic E-state index is 0.194. The smallest absolute Gasteiger partial charge is 0.257 e. The lowest BCUT2D eigenvalue weighted by Crippen LogP contribution is -2.13. The molecule has 0 unspecified atom stereocenters. The van der Waals surface area contributed by atoms with Gasteiger partial charge in [0.05, 0.1) is 15.6 Å². The van der Waals surface area contributed by atoms with Crippen molar-refractivity contribution >= 4 is 52.2 Å². The molecule has 0 spiro atoms. The number of hydrogen-bond acceptors (Lipinski definition) is 3. The van der Waals surface area contributed by atoms with Crippen molar-refractivity contribution in [3.8, 4) is 0 Å². The number of halogens is 2. The maximum Gasteiger partial charge on any atom is 0.257 e. The molecule has 0 saturated carbocycles. The predicted octanol–water partition coefficient (Wildman–Crippen LogP) is 4.55. The molecule has 0 heterocycles. The van der Waals surface area contributed by atoms with Gasteiger partial charge in [0.1, 0.15) is 0 Å². The molecule has 6 heteroatoms.